The Balaban J connectivity index is 2.13. The molecule has 2 amide bonds. The first kappa shape index (κ1) is 14.5. The molecule has 0 atom stereocenters. The minimum absolute atomic E-state index is 0.0213. The van der Waals surface area contributed by atoms with Crippen LogP contribution in [0.15, 0.2) is 30.3 Å². The van der Waals surface area contributed by atoms with Gasteiger partial charge in [-0.2, -0.15) is 0 Å². The van der Waals surface area contributed by atoms with Gasteiger partial charge in [0.25, 0.3) is 0 Å². The molecule has 0 aliphatic rings. The van der Waals surface area contributed by atoms with Gasteiger partial charge < -0.3 is 20.8 Å². The summed E-state index contributed by atoms with van der Waals surface area (Å²) in [6.45, 7) is 0. The van der Waals surface area contributed by atoms with E-state index in [9.17, 15) is 28.2 Å². The third-order valence-corrected chi connectivity index (χ3v) is 2.44. The molecule has 0 spiro atoms. The van der Waals surface area contributed by atoms with Gasteiger partial charge in [0.2, 0.25) is 0 Å². The molecular weight excluding hydrogens is 289 g/mol. The van der Waals surface area contributed by atoms with Crippen LogP contribution >= 0.6 is 0 Å². The quantitative estimate of drug-likeness (QED) is 0.643. The molecule has 0 radical (unpaired) electrons. The Labute approximate surface area is 116 Å². The summed E-state index contributed by atoms with van der Waals surface area (Å²) in [5.74, 6) is -5.23. The Hall–Kier alpha value is -2.90. The highest BCUT2D eigenvalue weighted by Gasteiger charge is 2.15. The van der Waals surface area contributed by atoms with Gasteiger partial charge in [-0.3, -0.25) is 0 Å². The van der Waals surface area contributed by atoms with Gasteiger partial charge in [-0.25, -0.2) is 18.0 Å². The fourth-order valence-electron chi connectivity index (χ4n) is 1.57. The van der Waals surface area contributed by atoms with E-state index in [1.54, 1.807) is 0 Å². The molecule has 0 aliphatic carbocycles. The van der Waals surface area contributed by atoms with Crippen LogP contribution in [0.4, 0.5) is 29.3 Å². The molecule has 2 rings (SSSR count). The number of halogens is 3. The van der Waals surface area contributed by atoms with Crippen LogP contribution in [0.2, 0.25) is 0 Å². The standard InChI is InChI=1S/C13H9F3N2O3/c14-9-1-2-10(12(16)11(9)15)18-13(21)17-6-3-7(19)5-8(20)4-6/h1-5,19-20H,(H2,17,18,21). The fourth-order valence-corrected chi connectivity index (χ4v) is 1.57. The number of hydrogen-bond donors (Lipinski definition) is 4. The van der Waals surface area contributed by atoms with Crippen LogP contribution in [0, 0.1) is 17.5 Å². The zero-order valence-electron chi connectivity index (χ0n) is 10.3. The average Bonchev–Trinajstić information content (AvgIpc) is 2.38. The fraction of sp³-hybridized carbons (Fsp3) is 0. The van der Waals surface area contributed by atoms with Crippen molar-refractivity contribution in [2.24, 2.45) is 0 Å². The van der Waals surface area contributed by atoms with Gasteiger partial charge in [-0.15, -0.1) is 0 Å². The maximum atomic E-state index is 13.4. The molecule has 2 aromatic rings. The van der Waals surface area contributed by atoms with Crippen molar-refractivity contribution in [3.63, 3.8) is 0 Å². The highest BCUT2D eigenvalue weighted by Crippen LogP contribution is 2.24. The first-order valence-corrected chi connectivity index (χ1v) is 5.61. The minimum Gasteiger partial charge on any atom is -0.508 e. The van der Waals surface area contributed by atoms with Crippen LogP contribution in [0.25, 0.3) is 0 Å². The second kappa shape index (κ2) is 5.61. The Kier molecular flexibility index (Phi) is 3.88. The minimum atomic E-state index is -1.71. The Morgan fingerprint density at radius 1 is 0.905 bits per heavy atom. The number of urea groups is 1. The maximum absolute atomic E-state index is 13.4. The summed E-state index contributed by atoms with van der Waals surface area (Å²) in [4.78, 5) is 11.6. The van der Waals surface area contributed by atoms with Crippen molar-refractivity contribution in [1.82, 2.24) is 0 Å². The third kappa shape index (κ3) is 3.35. The number of carbonyl (C=O) groups excluding carboxylic acids is 1. The van der Waals surface area contributed by atoms with Crippen molar-refractivity contribution in [2.45, 2.75) is 0 Å². The second-order valence-corrected chi connectivity index (χ2v) is 4.04. The van der Waals surface area contributed by atoms with Gasteiger partial charge in [0.15, 0.2) is 17.5 Å². The molecule has 110 valence electrons. The van der Waals surface area contributed by atoms with Crippen LogP contribution in [0.3, 0.4) is 0 Å². The first-order valence-electron chi connectivity index (χ1n) is 5.61. The molecular formula is C13H9F3N2O3. The van der Waals surface area contributed by atoms with Crippen LogP contribution in [-0.4, -0.2) is 16.2 Å². The topological polar surface area (TPSA) is 81.6 Å². The Morgan fingerprint density at radius 3 is 2.14 bits per heavy atom. The summed E-state index contributed by atoms with van der Waals surface area (Å²) in [6.07, 6.45) is 0. The van der Waals surface area contributed by atoms with E-state index in [-0.39, 0.29) is 17.2 Å². The van der Waals surface area contributed by atoms with E-state index in [4.69, 9.17) is 0 Å². The first-order chi connectivity index (χ1) is 9.86. The lowest BCUT2D eigenvalue weighted by Crippen LogP contribution is -2.20. The molecule has 0 aromatic heterocycles. The van der Waals surface area contributed by atoms with Gasteiger partial charge >= 0.3 is 6.03 Å². The van der Waals surface area contributed by atoms with E-state index in [2.05, 4.69) is 5.32 Å². The largest absolute Gasteiger partial charge is 0.508 e. The molecule has 0 bridgehead atoms. The van der Waals surface area contributed by atoms with Gasteiger partial charge in [-0.1, -0.05) is 0 Å². The molecule has 0 unspecified atom stereocenters. The molecule has 4 N–H and O–H groups in total. The van der Waals surface area contributed by atoms with Crippen molar-refractivity contribution >= 4 is 17.4 Å². The van der Waals surface area contributed by atoms with Crippen molar-refractivity contribution in [3.8, 4) is 11.5 Å². The molecule has 0 saturated heterocycles. The molecule has 5 nitrogen and oxygen atoms in total. The smallest absolute Gasteiger partial charge is 0.323 e. The molecule has 2 aromatic carbocycles. The Bertz CT molecular complexity index is 687. The van der Waals surface area contributed by atoms with Gasteiger partial charge in [0.1, 0.15) is 11.5 Å². The summed E-state index contributed by atoms with van der Waals surface area (Å²) in [7, 11) is 0. The van der Waals surface area contributed by atoms with E-state index in [1.165, 1.54) is 0 Å². The van der Waals surface area contributed by atoms with Crippen molar-refractivity contribution in [3.05, 3.63) is 47.8 Å². The predicted molar refractivity (Wildman–Crippen MR) is 68.7 cm³/mol. The number of phenols is 2. The summed E-state index contributed by atoms with van der Waals surface area (Å²) < 4.78 is 39.1. The lowest BCUT2D eigenvalue weighted by Gasteiger charge is -2.09. The van der Waals surface area contributed by atoms with Gasteiger partial charge in [-0.05, 0) is 12.1 Å². The summed E-state index contributed by atoms with van der Waals surface area (Å²) in [6, 6.07) is 3.84. The maximum Gasteiger partial charge on any atom is 0.323 e. The normalized spacial score (nSPS) is 10.2. The molecule has 0 fully saturated rings. The van der Waals surface area contributed by atoms with E-state index < -0.39 is 29.2 Å². The van der Waals surface area contributed by atoms with Crippen LogP contribution < -0.4 is 10.6 Å². The van der Waals surface area contributed by atoms with E-state index in [1.807, 2.05) is 5.32 Å². The third-order valence-electron chi connectivity index (χ3n) is 2.44. The zero-order valence-corrected chi connectivity index (χ0v) is 10.3. The predicted octanol–water partition coefficient (Wildman–Crippen LogP) is 3.16. The summed E-state index contributed by atoms with van der Waals surface area (Å²) in [5, 5.41) is 22.6. The summed E-state index contributed by atoms with van der Waals surface area (Å²) in [5.41, 5.74) is -0.538. The average molecular weight is 298 g/mol. The number of aromatic hydroxyl groups is 2. The number of benzene rings is 2. The van der Waals surface area contributed by atoms with Crippen molar-refractivity contribution in [1.29, 1.82) is 0 Å². The lowest BCUT2D eigenvalue weighted by atomic mass is 10.2. The number of carbonyl (C=O) groups is 1. The number of nitrogens with one attached hydrogen (secondary N) is 2. The van der Waals surface area contributed by atoms with Crippen molar-refractivity contribution < 1.29 is 28.2 Å². The molecule has 0 saturated carbocycles. The number of amides is 2. The van der Waals surface area contributed by atoms with Crippen molar-refractivity contribution in [2.75, 3.05) is 10.6 Å². The van der Waals surface area contributed by atoms with Gasteiger partial charge in [0.05, 0.1) is 5.69 Å². The molecule has 21 heavy (non-hydrogen) atoms. The number of hydrogen-bond acceptors (Lipinski definition) is 3. The molecule has 0 aliphatic heterocycles. The highest BCUT2D eigenvalue weighted by atomic mass is 19.2. The lowest BCUT2D eigenvalue weighted by molar-refractivity contribution is 0.262. The molecule has 0 heterocycles. The SMILES string of the molecule is O=C(Nc1cc(O)cc(O)c1)Nc1ccc(F)c(F)c1F. The second-order valence-electron chi connectivity index (χ2n) is 4.04. The number of anilines is 2. The van der Waals surface area contributed by atoms with Crippen LogP contribution in [-0.2, 0) is 0 Å². The highest BCUT2D eigenvalue weighted by molar-refractivity contribution is 6.00. The van der Waals surface area contributed by atoms with E-state index in [0.717, 1.165) is 24.3 Å². The van der Waals surface area contributed by atoms with E-state index in [0.29, 0.717) is 6.07 Å². The molecule has 8 heteroatoms. The van der Waals surface area contributed by atoms with Crippen LogP contribution in [0.1, 0.15) is 0 Å². The van der Waals surface area contributed by atoms with Crippen LogP contribution in [0.5, 0.6) is 11.5 Å². The zero-order chi connectivity index (χ0) is 15.6. The van der Waals surface area contributed by atoms with Gasteiger partial charge in [0, 0.05) is 23.9 Å². The monoisotopic (exact) mass is 298 g/mol. The summed E-state index contributed by atoms with van der Waals surface area (Å²) >= 11 is 0. The van der Waals surface area contributed by atoms with E-state index >= 15 is 0 Å². The Morgan fingerprint density at radius 2 is 1.52 bits per heavy atom. The number of rotatable bonds is 2. The number of phenolic OH excluding ortho intramolecular Hbond substituents is 2.